The standard InChI is InChI=1S/C20H16FN3O3S2/c1-11-3-5-17(27-11)19-22-13(9-28-19)8-18(25)24-20-23-15(10-29-20)14-7-12(21)4-6-16(14)26-2/h3-7,9-10H,8H2,1-2H3,(H,23,24,25). The quantitative estimate of drug-likeness (QED) is 0.458. The van der Waals surface area contributed by atoms with E-state index < -0.39 is 0 Å². The summed E-state index contributed by atoms with van der Waals surface area (Å²) in [5.74, 6) is 1.39. The number of halogens is 1. The Hall–Kier alpha value is -3.04. The molecule has 0 aliphatic rings. The predicted molar refractivity (Wildman–Crippen MR) is 111 cm³/mol. The SMILES string of the molecule is COc1ccc(F)cc1-c1csc(NC(=O)Cc2csc(-c3ccc(C)o3)n2)n1. The third kappa shape index (κ3) is 4.36. The van der Waals surface area contributed by atoms with Gasteiger partial charge in [-0.3, -0.25) is 4.79 Å². The number of thiazole rings is 2. The largest absolute Gasteiger partial charge is 0.496 e. The first-order valence-corrected chi connectivity index (χ1v) is 10.4. The van der Waals surface area contributed by atoms with Crippen LogP contribution in [0.4, 0.5) is 9.52 Å². The number of hydrogen-bond donors (Lipinski definition) is 1. The van der Waals surface area contributed by atoms with Gasteiger partial charge in [-0.05, 0) is 37.3 Å². The Morgan fingerprint density at radius 1 is 1.21 bits per heavy atom. The fourth-order valence-corrected chi connectivity index (χ4v) is 4.22. The Balaban J connectivity index is 1.44. The summed E-state index contributed by atoms with van der Waals surface area (Å²) in [7, 11) is 1.51. The van der Waals surface area contributed by atoms with Crippen LogP contribution in [0.2, 0.25) is 0 Å². The van der Waals surface area contributed by atoms with Crippen LogP contribution < -0.4 is 10.1 Å². The van der Waals surface area contributed by atoms with E-state index in [4.69, 9.17) is 9.15 Å². The minimum absolute atomic E-state index is 0.119. The Kier molecular flexibility index (Phi) is 5.41. The number of hydrogen-bond acceptors (Lipinski definition) is 7. The lowest BCUT2D eigenvalue weighted by Crippen LogP contribution is -2.14. The smallest absolute Gasteiger partial charge is 0.232 e. The lowest BCUT2D eigenvalue weighted by molar-refractivity contribution is -0.115. The number of aromatic nitrogens is 2. The molecule has 9 heteroatoms. The summed E-state index contributed by atoms with van der Waals surface area (Å²) in [6, 6.07) is 7.95. The van der Waals surface area contributed by atoms with Crippen LogP contribution in [0.1, 0.15) is 11.5 Å². The summed E-state index contributed by atoms with van der Waals surface area (Å²) in [4.78, 5) is 21.2. The second kappa shape index (κ2) is 8.14. The zero-order chi connectivity index (χ0) is 20.4. The van der Waals surface area contributed by atoms with Crippen LogP contribution in [0.25, 0.3) is 22.0 Å². The van der Waals surface area contributed by atoms with Crippen molar-refractivity contribution >= 4 is 33.7 Å². The van der Waals surface area contributed by atoms with Crippen LogP contribution in [0.3, 0.4) is 0 Å². The Morgan fingerprint density at radius 3 is 2.83 bits per heavy atom. The fourth-order valence-electron chi connectivity index (χ4n) is 2.71. The summed E-state index contributed by atoms with van der Waals surface area (Å²) >= 11 is 2.68. The van der Waals surface area contributed by atoms with Crippen molar-refractivity contribution in [3.8, 4) is 27.8 Å². The number of carbonyl (C=O) groups is 1. The van der Waals surface area contributed by atoms with E-state index in [2.05, 4.69) is 15.3 Å². The molecular formula is C20H16FN3O3S2. The van der Waals surface area contributed by atoms with Gasteiger partial charge >= 0.3 is 0 Å². The molecule has 0 aliphatic carbocycles. The molecule has 148 valence electrons. The molecule has 1 amide bonds. The molecule has 1 N–H and O–H groups in total. The fraction of sp³-hybridized carbons (Fsp3) is 0.150. The summed E-state index contributed by atoms with van der Waals surface area (Å²) in [5, 5.41) is 7.49. The molecule has 3 aromatic heterocycles. The molecule has 6 nitrogen and oxygen atoms in total. The summed E-state index contributed by atoms with van der Waals surface area (Å²) < 4.78 is 24.4. The molecule has 4 rings (SSSR count). The molecule has 0 saturated heterocycles. The van der Waals surface area contributed by atoms with Gasteiger partial charge in [0.2, 0.25) is 5.91 Å². The van der Waals surface area contributed by atoms with E-state index in [0.717, 1.165) is 10.8 Å². The molecule has 4 aromatic rings. The third-order valence-corrected chi connectivity index (χ3v) is 5.70. The van der Waals surface area contributed by atoms with Crippen molar-refractivity contribution in [2.75, 3.05) is 12.4 Å². The van der Waals surface area contributed by atoms with Crippen LogP contribution in [0.5, 0.6) is 5.75 Å². The summed E-state index contributed by atoms with van der Waals surface area (Å²) in [6.07, 6.45) is 0.119. The van der Waals surface area contributed by atoms with Gasteiger partial charge in [-0.1, -0.05) is 0 Å². The molecule has 0 unspecified atom stereocenters. The Bertz CT molecular complexity index is 1170. The highest BCUT2D eigenvalue weighted by molar-refractivity contribution is 7.14. The molecule has 1 aromatic carbocycles. The molecule has 0 bridgehead atoms. The van der Waals surface area contributed by atoms with Gasteiger partial charge in [0, 0.05) is 16.3 Å². The van der Waals surface area contributed by atoms with Crippen molar-refractivity contribution in [3.63, 3.8) is 0 Å². The number of rotatable bonds is 6. The minimum atomic E-state index is -0.384. The van der Waals surface area contributed by atoms with Gasteiger partial charge in [0.1, 0.15) is 17.3 Å². The average Bonchev–Trinajstić information content (AvgIpc) is 3.43. The second-order valence-corrected chi connectivity index (χ2v) is 7.88. The van der Waals surface area contributed by atoms with Crippen molar-refractivity contribution in [1.82, 2.24) is 9.97 Å². The monoisotopic (exact) mass is 429 g/mol. The number of nitrogens with zero attached hydrogens (tertiary/aromatic N) is 2. The molecule has 3 heterocycles. The number of aryl methyl sites for hydroxylation is 1. The number of carbonyl (C=O) groups excluding carboxylic acids is 1. The zero-order valence-electron chi connectivity index (χ0n) is 15.6. The molecule has 0 saturated carbocycles. The van der Waals surface area contributed by atoms with E-state index in [1.807, 2.05) is 24.4 Å². The van der Waals surface area contributed by atoms with Crippen LogP contribution >= 0.6 is 22.7 Å². The lowest BCUT2D eigenvalue weighted by Gasteiger charge is -2.05. The molecular weight excluding hydrogens is 413 g/mol. The average molecular weight is 429 g/mol. The summed E-state index contributed by atoms with van der Waals surface area (Å²) in [5.41, 5.74) is 1.72. The maximum Gasteiger partial charge on any atom is 0.232 e. The van der Waals surface area contributed by atoms with E-state index >= 15 is 0 Å². The van der Waals surface area contributed by atoms with Crippen molar-refractivity contribution in [2.24, 2.45) is 0 Å². The van der Waals surface area contributed by atoms with Crippen molar-refractivity contribution in [1.29, 1.82) is 0 Å². The Morgan fingerprint density at radius 2 is 2.07 bits per heavy atom. The maximum atomic E-state index is 13.6. The lowest BCUT2D eigenvalue weighted by atomic mass is 10.1. The first-order valence-electron chi connectivity index (χ1n) is 8.62. The molecule has 0 aliphatic heterocycles. The highest BCUT2D eigenvalue weighted by Crippen LogP contribution is 2.33. The number of ether oxygens (including phenoxy) is 1. The van der Waals surface area contributed by atoms with Crippen LogP contribution in [0, 0.1) is 12.7 Å². The highest BCUT2D eigenvalue weighted by Gasteiger charge is 2.15. The number of methoxy groups -OCH3 is 1. The van der Waals surface area contributed by atoms with Crippen molar-refractivity contribution in [2.45, 2.75) is 13.3 Å². The van der Waals surface area contributed by atoms with Crippen molar-refractivity contribution < 1.29 is 18.3 Å². The van der Waals surface area contributed by atoms with Crippen LogP contribution in [-0.2, 0) is 11.2 Å². The first-order chi connectivity index (χ1) is 14.0. The highest BCUT2D eigenvalue weighted by atomic mass is 32.1. The molecule has 0 spiro atoms. The normalized spacial score (nSPS) is 10.9. The number of amides is 1. The minimum Gasteiger partial charge on any atom is -0.496 e. The topological polar surface area (TPSA) is 77.2 Å². The molecule has 29 heavy (non-hydrogen) atoms. The summed E-state index contributed by atoms with van der Waals surface area (Å²) in [6.45, 7) is 1.87. The molecule has 0 fully saturated rings. The number of benzene rings is 1. The maximum absolute atomic E-state index is 13.6. The Labute approximate surface area is 174 Å². The van der Waals surface area contributed by atoms with Gasteiger partial charge in [0.25, 0.3) is 0 Å². The molecule has 0 radical (unpaired) electrons. The van der Waals surface area contributed by atoms with E-state index in [0.29, 0.717) is 33.6 Å². The van der Waals surface area contributed by atoms with Gasteiger partial charge in [-0.2, -0.15) is 0 Å². The third-order valence-electron chi connectivity index (χ3n) is 4.03. The first kappa shape index (κ1) is 19.3. The number of furan rings is 1. The van der Waals surface area contributed by atoms with Gasteiger partial charge in [0.05, 0.1) is 24.9 Å². The van der Waals surface area contributed by atoms with Gasteiger partial charge < -0.3 is 14.5 Å². The van der Waals surface area contributed by atoms with E-state index in [9.17, 15) is 9.18 Å². The van der Waals surface area contributed by atoms with Gasteiger partial charge in [-0.25, -0.2) is 14.4 Å². The number of nitrogens with one attached hydrogen (secondary N) is 1. The second-order valence-electron chi connectivity index (χ2n) is 6.16. The van der Waals surface area contributed by atoms with Gasteiger partial charge in [-0.15, -0.1) is 22.7 Å². The predicted octanol–water partition coefficient (Wildman–Crippen LogP) is 5.16. The number of anilines is 1. The van der Waals surface area contributed by atoms with Gasteiger partial charge in [0.15, 0.2) is 15.9 Å². The van der Waals surface area contributed by atoms with E-state index in [-0.39, 0.29) is 18.1 Å². The molecule has 0 atom stereocenters. The van der Waals surface area contributed by atoms with E-state index in [1.165, 1.54) is 41.9 Å². The zero-order valence-corrected chi connectivity index (χ0v) is 17.2. The van der Waals surface area contributed by atoms with Crippen molar-refractivity contribution in [3.05, 3.63) is 58.4 Å². The van der Waals surface area contributed by atoms with Crippen LogP contribution in [-0.4, -0.2) is 23.0 Å². The van der Waals surface area contributed by atoms with E-state index in [1.54, 1.807) is 11.4 Å². The van der Waals surface area contributed by atoms with Crippen LogP contribution in [0.15, 0.2) is 45.5 Å².